The van der Waals surface area contributed by atoms with Crippen LogP contribution in [0, 0.1) is 0 Å². The lowest BCUT2D eigenvalue weighted by Gasteiger charge is -2.10. The summed E-state index contributed by atoms with van der Waals surface area (Å²) in [5.41, 5.74) is 0.914. The van der Waals surface area contributed by atoms with E-state index in [1.807, 2.05) is 31.2 Å². The first-order valence-corrected chi connectivity index (χ1v) is 11.8. The minimum atomic E-state index is -3.65. The molecule has 0 atom stereocenters. The zero-order valence-corrected chi connectivity index (χ0v) is 19.2. The summed E-state index contributed by atoms with van der Waals surface area (Å²) >= 11 is 0. The molecule has 0 unspecified atom stereocenters. The summed E-state index contributed by atoms with van der Waals surface area (Å²) in [7, 11) is -2.16. The molecule has 0 bridgehead atoms. The van der Waals surface area contributed by atoms with Gasteiger partial charge in [0.1, 0.15) is 17.2 Å². The third-order valence-electron chi connectivity index (χ3n) is 4.51. The number of nitrogens with one attached hydrogen (secondary N) is 2. The van der Waals surface area contributed by atoms with Gasteiger partial charge in [-0.25, -0.2) is 13.1 Å². The average Bonchev–Trinajstić information content (AvgIpc) is 2.82. The van der Waals surface area contributed by atoms with Gasteiger partial charge in [0.05, 0.1) is 18.1 Å². The lowest BCUT2D eigenvalue weighted by atomic mass is 10.2. The Labute approximate surface area is 193 Å². The molecule has 33 heavy (non-hydrogen) atoms. The molecule has 8 nitrogen and oxygen atoms in total. The van der Waals surface area contributed by atoms with Gasteiger partial charge in [-0.05, 0) is 79.7 Å². The number of anilines is 1. The van der Waals surface area contributed by atoms with Crippen LogP contribution in [0.4, 0.5) is 5.69 Å². The topological polar surface area (TPSA) is 103 Å². The van der Waals surface area contributed by atoms with Crippen molar-refractivity contribution in [1.29, 1.82) is 0 Å². The summed E-state index contributed by atoms with van der Waals surface area (Å²) < 4.78 is 42.9. The molecule has 9 heteroatoms. The summed E-state index contributed by atoms with van der Waals surface area (Å²) in [4.78, 5) is 12.6. The molecule has 2 N–H and O–H groups in total. The predicted molar refractivity (Wildman–Crippen MR) is 126 cm³/mol. The fourth-order valence-electron chi connectivity index (χ4n) is 2.86. The number of amides is 1. The maximum Gasteiger partial charge on any atom is 0.255 e. The molecule has 3 rings (SSSR count). The standard InChI is InChI=1S/C24H26N2O6S/c1-3-31-20-10-12-22(13-11-20)32-21-8-6-19(7-9-21)26-24(27)18-4-14-23(15-5-18)33(28,29)25-16-17-30-2/h4-15,25H,3,16-17H2,1-2H3,(H,26,27). The molecule has 0 spiro atoms. The molecule has 0 saturated heterocycles. The van der Waals surface area contributed by atoms with Crippen LogP contribution in [0.1, 0.15) is 17.3 Å². The van der Waals surface area contributed by atoms with Crippen molar-refractivity contribution in [2.45, 2.75) is 11.8 Å². The summed E-state index contributed by atoms with van der Waals surface area (Å²) in [6.07, 6.45) is 0. The number of carbonyl (C=O) groups excluding carboxylic acids is 1. The van der Waals surface area contributed by atoms with Crippen LogP contribution in [-0.4, -0.2) is 41.2 Å². The van der Waals surface area contributed by atoms with E-state index in [0.29, 0.717) is 29.4 Å². The van der Waals surface area contributed by atoms with Crippen molar-refractivity contribution < 1.29 is 27.4 Å². The maximum atomic E-state index is 12.5. The summed E-state index contributed by atoms with van der Waals surface area (Å²) in [6.45, 7) is 2.96. The molecule has 0 saturated carbocycles. The van der Waals surface area contributed by atoms with Gasteiger partial charge in [0.25, 0.3) is 5.91 Å². The van der Waals surface area contributed by atoms with Gasteiger partial charge in [-0.3, -0.25) is 4.79 Å². The smallest absolute Gasteiger partial charge is 0.255 e. The van der Waals surface area contributed by atoms with E-state index in [0.717, 1.165) is 5.75 Å². The third-order valence-corrected chi connectivity index (χ3v) is 5.98. The molecule has 0 aliphatic rings. The molecule has 0 radical (unpaired) electrons. The van der Waals surface area contributed by atoms with Crippen LogP contribution in [0.3, 0.4) is 0 Å². The third kappa shape index (κ3) is 7.04. The molecular weight excluding hydrogens is 444 g/mol. The van der Waals surface area contributed by atoms with Crippen molar-refractivity contribution in [3.63, 3.8) is 0 Å². The number of hydrogen-bond acceptors (Lipinski definition) is 6. The van der Waals surface area contributed by atoms with Gasteiger partial charge in [-0.15, -0.1) is 0 Å². The molecule has 0 aromatic heterocycles. The van der Waals surface area contributed by atoms with Crippen LogP contribution >= 0.6 is 0 Å². The first kappa shape index (κ1) is 24.2. The van der Waals surface area contributed by atoms with Crippen molar-refractivity contribution in [1.82, 2.24) is 4.72 Å². The number of benzene rings is 3. The van der Waals surface area contributed by atoms with Gasteiger partial charge in [0.15, 0.2) is 0 Å². The summed E-state index contributed by atoms with van der Waals surface area (Å²) in [6, 6.07) is 19.9. The SMILES string of the molecule is CCOc1ccc(Oc2ccc(NC(=O)c3ccc(S(=O)(=O)NCCOC)cc3)cc2)cc1. The maximum absolute atomic E-state index is 12.5. The van der Waals surface area contributed by atoms with E-state index in [9.17, 15) is 13.2 Å². The molecule has 0 aliphatic heterocycles. The Morgan fingerprint density at radius 2 is 1.42 bits per heavy atom. The van der Waals surface area contributed by atoms with E-state index in [1.54, 1.807) is 24.3 Å². The average molecular weight is 471 g/mol. The van der Waals surface area contributed by atoms with Gasteiger partial charge in [-0.1, -0.05) is 0 Å². The lowest BCUT2D eigenvalue weighted by molar-refractivity contribution is 0.102. The second-order valence-corrected chi connectivity index (χ2v) is 8.67. The van der Waals surface area contributed by atoms with Gasteiger partial charge >= 0.3 is 0 Å². The molecule has 0 heterocycles. The molecule has 0 fully saturated rings. The van der Waals surface area contributed by atoms with Gasteiger partial charge < -0.3 is 19.5 Å². The summed E-state index contributed by atoms with van der Waals surface area (Å²) in [5, 5.41) is 2.78. The van der Waals surface area contributed by atoms with Gasteiger partial charge in [-0.2, -0.15) is 0 Å². The molecule has 0 aliphatic carbocycles. The molecule has 3 aromatic rings. The molecule has 1 amide bonds. The number of sulfonamides is 1. The Morgan fingerprint density at radius 1 is 0.848 bits per heavy atom. The Kier molecular flexibility index (Phi) is 8.42. The fourth-order valence-corrected chi connectivity index (χ4v) is 3.88. The normalized spacial score (nSPS) is 11.1. The number of hydrogen-bond donors (Lipinski definition) is 2. The largest absolute Gasteiger partial charge is 0.494 e. The Hall–Kier alpha value is -3.40. The van der Waals surface area contributed by atoms with Crippen molar-refractivity contribution in [2.75, 3.05) is 32.2 Å². The molecular formula is C24H26N2O6S. The van der Waals surface area contributed by atoms with E-state index in [2.05, 4.69) is 10.0 Å². The van der Waals surface area contributed by atoms with Crippen molar-refractivity contribution in [2.24, 2.45) is 0 Å². The van der Waals surface area contributed by atoms with Crippen molar-refractivity contribution in [3.8, 4) is 17.2 Å². The zero-order chi connectivity index (χ0) is 23.7. The predicted octanol–water partition coefficient (Wildman–Crippen LogP) is 4.05. The van der Waals surface area contributed by atoms with Crippen LogP contribution in [0.5, 0.6) is 17.2 Å². The van der Waals surface area contributed by atoms with Crippen LogP contribution in [0.2, 0.25) is 0 Å². The van der Waals surface area contributed by atoms with E-state index >= 15 is 0 Å². The highest BCUT2D eigenvalue weighted by molar-refractivity contribution is 7.89. The number of ether oxygens (including phenoxy) is 3. The minimum absolute atomic E-state index is 0.0749. The highest BCUT2D eigenvalue weighted by Gasteiger charge is 2.14. The number of rotatable bonds is 11. The van der Waals surface area contributed by atoms with Crippen LogP contribution in [0.25, 0.3) is 0 Å². The van der Waals surface area contributed by atoms with E-state index in [4.69, 9.17) is 14.2 Å². The number of methoxy groups -OCH3 is 1. The minimum Gasteiger partial charge on any atom is -0.494 e. The Bertz CT molecular complexity index is 1150. The Morgan fingerprint density at radius 3 is 2.00 bits per heavy atom. The highest BCUT2D eigenvalue weighted by atomic mass is 32.2. The van der Waals surface area contributed by atoms with Gasteiger partial charge in [0, 0.05) is 24.9 Å². The number of carbonyl (C=O) groups is 1. The second kappa shape index (κ2) is 11.5. The lowest BCUT2D eigenvalue weighted by Crippen LogP contribution is -2.27. The second-order valence-electron chi connectivity index (χ2n) is 6.90. The van der Waals surface area contributed by atoms with Crippen LogP contribution in [0.15, 0.2) is 77.7 Å². The quantitative estimate of drug-likeness (QED) is 0.410. The summed E-state index contributed by atoms with van der Waals surface area (Å²) in [5.74, 6) is 1.71. The first-order valence-electron chi connectivity index (χ1n) is 10.3. The van der Waals surface area contributed by atoms with E-state index < -0.39 is 10.0 Å². The first-order chi connectivity index (χ1) is 15.9. The van der Waals surface area contributed by atoms with Crippen LogP contribution < -0.4 is 19.5 Å². The van der Waals surface area contributed by atoms with Crippen LogP contribution in [-0.2, 0) is 14.8 Å². The van der Waals surface area contributed by atoms with E-state index in [-0.39, 0.29) is 24.0 Å². The van der Waals surface area contributed by atoms with Crippen molar-refractivity contribution in [3.05, 3.63) is 78.4 Å². The monoisotopic (exact) mass is 470 g/mol. The molecule has 174 valence electrons. The molecule has 3 aromatic carbocycles. The highest BCUT2D eigenvalue weighted by Crippen LogP contribution is 2.25. The van der Waals surface area contributed by atoms with Gasteiger partial charge in [0.2, 0.25) is 10.0 Å². The fraction of sp³-hybridized carbons (Fsp3) is 0.208. The van der Waals surface area contributed by atoms with E-state index in [1.165, 1.54) is 31.4 Å². The zero-order valence-electron chi connectivity index (χ0n) is 18.4. The Balaban J connectivity index is 1.57. The van der Waals surface area contributed by atoms with Crippen molar-refractivity contribution >= 4 is 21.6 Å².